The zero-order valence-electron chi connectivity index (χ0n) is 31.9. The second-order valence-electron chi connectivity index (χ2n) is 14.8. The summed E-state index contributed by atoms with van der Waals surface area (Å²) in [4.78, 5) is 64.3. The Morgan fingerprint density at radius 3 is 2.10 bits per heavy atom. The number of imide groups is 1. The number of Topliss-reactive ketones (excluding diaryl/α,β-unsaturated/α-hetero) is 1. The fourth-order valence-electron chi connectivity index (χ4n) is 8.32. The molecule has 0 saturated carbocycles. The lowest BCUT2D eigenvalue weighted by molar-refractivity contribution is -0.139. The van der Waals surface area contributed by atoms with E-state index in [1.54, 1.807) is 6.07 Å². The number of carbonyl (C=O) groups is 4. The lowest BCUT2D eigenvalue weighted by atomic mass is 9.86. The molecule has 2 fully saturated rings. The zero-order chi connectivity index (χ0) is 40.0. The van der Waals surface area contributed by atoms with Gasteiger partial charge in [0.05, 0.1) is 11.8 Å². The van der Waals surface area contributed by atoms with Crippen molar-refractivity contribution in [3.63, 3.8) is 0 Å². The van der Waals surface area contributed by atoms with E-state index in [2.05, 4.69) is 17.0 Å². The van der Waals surface area contributed by atoms with E-state index in [4.69, 9.17) is 9.73 Å². The highest BCUT2D eigenvalue weighted by Gasteiger charge is 2.42. The highest BCUT2D eigenvalue weighted by Crippen LogP contribution is 2.35. The molecule has 2 aliphatic rings. The molecule has 9 nitrogen and oxygen atoms in total. The number of nitrogens with zero attached hydrogens (tertiary/aromatic N) is 3. The quantitative estimate of drug-likeness (QED) is 0.0922. The number of carboxylic acid groups (broad SMARTS) is 1. The third kappa shape index (κ3) is 8.08. The summed E-state index contributed by atoms with van der Waals surface area (Å²) in [6.45, 7) is 1.41. The number of amides is 2. The number of hydrogen-bond acceptors (Lipinski definition) is 7. The van der Waals surface area contributed by atoms with Gasteiger partial charge in [-0.05, 0) is 46.8 Å². The number of likely N-dealkylation sites (tertiary alicyclic amines) is 1. The molecule has 2 saturated heterocycles. The minimum absolute atomic E-state index is 0.0114. The van der Waals surface area contributed by atoms with Gasteiger partial charge in [0.25, 0.3) is 0 Å². The summed E-state index contributed by atoms with van der Waals surface area (Å²) in [7, 11) is 0. The fraction of sp³-hybridized carbons (Fsp3) is 0.204. The van der Waals surface area contributed by atoms with E-state index < -0.39 is 36.0 Å². The molecule has 6 aromatic rings. The van der Waals surface area contributed by atoms with Gasteiger partial charge in [0.15, 0.2) is 11.8 Å². The molecule has 0 radical (unpaired) electrons. The van der Waals surface area contributed by atoms with Gasteiger partial charge < -0.3 is 9.84 Å². The Kier molecular flexibility index (Phi) is 11.3. The van der Waals surface area contributed by atoms with Crippen molar-refractivity contribution in [1.29, 1.82) is 0 Å². The average molecular weight is 770 g/mol. The third-order valence-corrected chi connectivity index (χ3v) is 11.2. The summed E-state index contributed by atoms with van der Waals surface area (Å²) in [5, 5.41) is 13.0. The van der Waals surface area contributed by atoms with E-state index in [1.807, 2.05) is 140 Å². The summed E-state index contributed by atoms with van der Waals surface area (Å²) >= 11 is 0. The van der Waals surface area contributed by atoms with Crippen molar-refractivity contribution in [2.75, 3.05) is 13.2 Å². The first-order valence-electron chi connectivity index (χ1n) is 19.7. The molecular weight excluding hydrogens is 727 g/mol. The molecular formula is C49H43N3O6. The van der Waals surface area contributed by atoms with Crippen LogP contribution in [-0.2, 0) is 20.9 Å². The Morgan fingerprint density at radius 1 is 0.741 bits per heavy atom. The summed E-state index contributed by atoms with van der Waals surface area (Å²) in [5.74, 6) is -2.90. The van der Waals surface area contributed by atoms with Gasteiger partial charge in [0, 0.05) is 35.6 Å². The molecule has 0 aliphatic carbocycles. The van der Waals surface area contributed by atoms with Crippen molar-refractivity contribution in [3.8, 4) is 0 Å². The normalized spacial score (nSPS) is 18.2. The summed E-state index contributed by atoms with van der Waals surface area (Å²) in [6.07, 6.45) is 0.446. The highest BCUT2D eigenvalue weighted by atomic mass is 16.6. The van der Waals surface area contributed by atoms with Crippen LogP contribution in [-0.4, -0.2) is 69.6 Å². The predicted octanol–water partition coefficient (Wildman–Crippen LogP) is 8.87. The van der Waals surface area contributed by atoms with Crippen molar-refractivity contribution < 1.29 is 29.0 Å². The summed E-state index contributed by atoms with van der Waals surface area (Å²) < 4.78 is 5.39. The fourth-order valence-corrected chi connectivity index (χ4v) is 8.32. The number of fused-ring (bicyclic) bond motifs is 1. The van der Waals surface area contributed by atoms with Crippen LogP contribution in [0.5, 0.6) is 0 Å². The van der Waals surface area contributed by atoms with Crippen LogP contribution in [0.2, 0.25) is 0 Å². The molecule has 4 atom stereocenters. The van der Waals surface area contributed by atoms with Crippen LogP contribution in [0.1, 0.15) is 69.4 Å². The number of ether oxygens (including phenoxy) is 1. The van der Waals surface area contributed by atoms with Crippen LogP contribution in [0.3, 0.4) is 0 Å². The van der Waals surface area contributed by atoms with Crippen LogP contribution in [0.4, 0.5) is 4.79 Å². The van der Waals surface area contributed by atoms with E-state index in [1.165, 1.54) is 0 Å². The number of ketones is 1. The van der Waals surface area contributed by atoms with Gasteiger partial charge in [-0.15, -0.1) is 0 Å². The SMILES string of the molecule is O=C(O)[C@H](N=C(c1ccccc1)c1ccccc1C(=O)[C@@H]1CCCN1Cc1ccccc1)[C@@H](CC(=O)N1C(=O)OC[C@H]1c1ccccc1)c1ccc2ccccc2c1. The lowest BCUT2D eigenvalue weighted by Crippen LogP contribution is -2.38. The topological polar surface area (TPSA) is 117 Å². The van der Waals surface area contributed by atoms with Crippen molar-refractivity contribution in [1.82, 2.24) is 9.80 Å². The van der Waals surface area contributed by atoms with Gasteiger partial charge in [0.2, 0.25) is 5.91 Å². The monoisotopic (exact) mass is 769 g/mol. The number of benzene rings is 6. The van der Waals surface area contributed by atoms with Gasteiger partial charge in [0.1, 0.15) is 12.6 Å². The first-order valence-corrected chi connectivity index (χ1v) is 19.7. The highest BCUT2D eigenvalue weighted by molar-refractivity contribution is 6.19. The van der Waals surface area contributed by atoms with Crippen LogP contribution in [0.25, 0.3) is 10.8 Å². The molecule has 8 rings (SSSR count). The van der Waals surface area contributed by atoms with E-state index in [-0.39, 0.29) is 24.9 Å². The van der Waals surface area contributed by atoms with Crippen LogP contribution >= 0.6 is 0 Å². The van der Waals surface area contributed by atoms with E-state index >= 15 is 0 Å². The largest absolute Gasteiger partial charge is 0.480 e. The molecule has 2 aliphatic heterocycles. The molecule has 2 amide bonds. The second-order valence-corrected chi connectivity index (χ2v) is 14.8. The van der Waals surface area contributed by atoms with Gasteiger partial charge in [-0.1, -0.05) is 158 Å². The number of carbonyl (C=O) groups excluding carboxylic acids is 3. The molecule has 290 valence electrons. The van der Waals surface area contributed by atoms with Crippen molar-refractivity contribution in [2.45, 2.75) is 49.9 Å². The number of aliphatic imine (C=N–C) groups is 1. The molecule has 0 spiro atoms. The molecule has 9 heteroatoms. The van der Waals surface area contributed by atoms with E-state index in [9.17, 15) is 24.3 Å². The van der Waals surface area contributed by atoms with Crippen molar-refractivity contribution >= 4 is 40.2 Å². The maximum Gasteiger partial charge on any atom is 0.417 e. The number of cyclic esters (lactones) is 1. The second kappa shape index (κ2) is 17.2. The Labute approximate surface area is 337 Å². The van der Waals surface area contributed by atoms with E-state index in [0.29, 0.717) is 40.9 Å². The van der Waals surface area contributed by atoms with Gasteiger partial charge in [-0.3, -0.25) is 19.5 Å². The molecule has 0 aromatic heterocycles. The summed E-state index contributed by atoms with van der Waals surface area (Å²) in [5.41, 5.74) is 4.33. The third-order valence-electron chi connectivity index (χ3n) is 11.2. The zero-order valence-corrected chi connectivity index (χ0v) is 31.9. The Morgan fingerprint density at radius 2 is 1.38 bits per heavy atom. The van der Waals surface area contributed by atoms with E-state index in [0.717, 1.165) is 39.8 Å². The van der Waals surface area contributed by atoms with Gasteiger partial charge >= 0.3 is 12.1 Å². The molecule has 2 heterocycles. The molecule has 0 bridgehead atoms. The van der Waals surface area contributed by atoms with Crippen LogP contribution in [0.15, 0.2) is 163 Å². The van der Waals surface area contributed by atoms with Crippen LogP contribution < -0.4 is 0 Å². The first kappa shape index (κ1) is 38.2. The Balaban J connectivity index is 1.22. The maximum atomic E-state index is 14.7. The molecule has 0 unspecified atom stereocenters. The minimum atomic E-state index is -1.50. The number of carboxylic acids is 1. The molecule has 58 heavy (non-hydrogen) atoms. The molecule has 1 N–H and O–H groups in total. The number of rotatable bonds is 13. The molecule has 6 aromatic carbocycles. The Bertz CT molecular complexity index is 2470. The number of aliphatic carboxylic acids is 1. The predicted molar refractivity (Wildman–Crippen MR) is 223 cm³/mol. The smallest absolute Gasteiger partial charge is 0.417 e. The standard InChI is InChI=1S/C49H43N3O6/c53-44(52-43(32-58-49(52)57)35-18-6-2-7-19-35)30-41(38-27-26-34-17-10-11-22-37(34)29-38)46(48(55)56)50-45(36-20-8-3-9-21-36)39-23-12-13-24-40(39)47(54)42-25-14-28-51(42)31-33-15-4-1-5-16-33/h1-13,15-24,26-27,29,41-43,46H,14,25,28,30-32H2,(H,55,56)/t41-,42-,43-,46+/m0/s1. The van der Waals surface area contributed by atoms with Gasteiger partial charge in [-0.25, -0.2) is 14.5 Å². The van der Waals surface area contributed by atoms with Gasteiger partial charge in [-0.2, -0.15) is 0 Å². The van der Waals surface area contributed by atoms with Crippen molar-refractivity contribution in [2.24, 2.45) is 4.99 Å². The number of hydrogen-bond donors (Lipinski definition) is 1. The first-order chi connectivity index (χ1) is 28.4. The van der Waals surface area contributed by atoms with Crippen molar-refractivity contribution in [3.05, 3.63) is 191 Å². The minimum Gasteiger partial charge on any atom is -0.480 e. The maximum absolute atomic E-state index is 14.7. The van der Waals surface area contributed by atoms with Crippen LogP contribution in [0, 0.1) is 0 Å². The Hall–Kier alpha value is -6.71. The average Bonchev–Trinajstić information content (AvgIpc) is 3.90. The summed E-state index contributed by atoms with van der Waals surface area (Å²) in [6, 6.07) is 46.5. The lowest BCUT2D eigenvalue weighted by Gasteiger charge is -2.27.